The zero-order valence-electron chi connectivity index (χ0n) is 17.8. The van der Waals surface area contributed by atoms with E-state index in [9.17, 15) is 14.4 Å². The molecule has 1 aliphatic heterocycles. The molecule has 1 amide bonds. The van der Waals surface area contributed by atoms with E-state index in [4.69, 9.17) is 9.47 Å². The summed E-state index contributed by atoms with van der Waals surface area (Å²) < 4.78 is 10.8. The number of carbonyl (C=O) groups is 3. The number of methoxy groups -OCH3 is 1. The Morgan fingerprint density at radius 3 is 1.97 bits per heavy atom. The van der Waals surface area contributed by atoms with Gasteiger partial charge < -0.3 is 14.4 Å². The van der Waals surface area contributed by atoms with E-state index in [2.05, 4.69) is 0 Å². The molecule has 1 saturated heterocycles. The SMILES string of the molecule is COc1ccc(N2C(=O)[C@H]([C@@H](C)OC(=O)c3ccccc3)[C@H]2C(=O)c2ccccc2)cc1. The molecule has 0 unspecified atom stereocenters. The number of amides is 1. The summed E-state index contributed by atoms with van der Waals surface area (Å²) in [5, 5.41) is 0. The van der Waals surface area contributed by atoms with Gasteiger partial charge in [0, 0.05) is 11.3 Å². The summed E-state index contributed by atoms with van der Waals surface area (Å²) in [6.07, 6.45) is -0.776. The Hall–Kier alpha value is -3.93. The quantitative estimate of drug-likeness (QED) is 0.320. The fourth-order valence-corrected chi connectivity index (χ4v) is 3.94. The van der Waals surface area contributed by atoms with E-state index >= 15 is 0 Å². The number of hydrogen-bond donors (Lipinski definition) is 0. The second-order valence-electron chi connectivity index (χ2n) is 7.58. The summed E-state index contributed by atoms with van der Waals surface area (Å²) in [5.74, 6) is -1.13. The van der Waals surface area contributed by atoms with Crippen molar-refractivity contribution in [3.05, 3.63) is 96.1 Å². The average molecular weight is 429 g/mol. The highest BCUT2D eigenvalue weighted by molar-refractivity contribution is 6.17. The van der Waals surface area contributed by atoms with E-state index in [1.54, 1.807) is 92.9 Å². The maximum absolute atomic E-state index is 13.4. The maximum atomic E-state index is 13.4. The molecular formula is C26H23NO5. The van der Waals surface area contributed by atoms with E-state index < -0.39 is 24.0 Å². The fourth-order valence-electron chi connectivity index (χ4n) is 3.94. The second-order valence-corrected chi connectivity index (χ2v) is 7.58. The number of anilines is 1. The molecule has 0 spiro atoms. The lowest BCUT2D eigenvalue weighted by molar-refractivity contribution is -0.134. The van der Waals surface area contributed by atoms with Crippen LogP contribution in [0.3, 0.4) is 0 Å². The van der Waals surface area contributed by atoms with Gasteiger partial charge in [-0.05, 0) is 43.3 Å². The van der Waals surface area contributed by atoms with E-state index in [1.165, 1.54) is 4.90 Å². The molecule has 3 aromatic carbocycles. The molecule has 0 aliphatic carbocycles. The van der Waals surface area contributed by atoms with Crippen molar-refractivity contribution in [2.24, 2.45) is 5.92 Å². The summed E-state index contributed by atoms with van der Waals surface area (Å²) in [6, 6.07) is 23.5. The van der Waals surface area contributed by atoms with Crippen molar-refractivity contribution in [3.8, 4) is 5.75 Å². The first-order valence-corrected chi connectivity index (χ1v) is 10.3. The smallest absolute Gasteiger partial charge is 0.338 e. The lowest BCUT2D eigenvalue weighted by atomic mass is 9.78. The monoisotopic (exact) mass is 429 g/mol. The van der Waals surface area contributed by atoms with Crippen molar-refractivity contribution in [1.82, 2.24) is 0 Å². The highest BCUT2D eigenvalue weighted by Crippen LogP contribution is 2.38. The first-order valence-electron chi connectivity index (χ1n) is 10.3. The molecule has 0 bridgehead atoms. The predicted molar refractivity (Wildman–Crippen MR) is 120 cm³/mol. The van der Waals surface area contributed by atoms with E-state index in [1.807, 2.05) is 6.07 Å². The van der Waals surface area contributed by atoms with Crippen molar-refractivity contribution in [3.63, 3.8) is 0 Å². The van der Waals surface area contributed by atoms with Crippen LogP contribution in [0.4, 0.5) is 5.69 Å². The van der Waals surface area contributed by atoms with Gasteiger partial charge in [0.1, 0.15) is 23.8 Å². The lowest BCUT2D eigenvalue weighted by Crippen LogP contribution is -2.68. The normalized spacial score (nSPS) is 18.4. The van der Waals surface area contributed by atoms with Crippen LogP contribution < -0.4 is 9.64 Å². The van der Waals surface area contributed by atoms with Crippen LogP contribution in [0.5, 0.6) is 5.75 Å². The van der Waals surface area contributed by atoms with Crippen molar-refractivity contribution in [2.45, 2.75) is 19.1 Å². The molecule has 0 saturated carbocycles. The molecule has 3 atom stereocenters. The zero-order chi connectivity index (χ0) is 22.7. The number of rotatable bonds is 7. The van der Waals surface area contributed by atoms with Crippen LogP contribution in [0.1, 0.15) is 27.6 Å². The van der Waals surface area contributed by atoms with Crippen LogP contribution in [0.2, 0.25) is 0 Å². The van der Waals surface area contributed by atoms with Gasteiger partial charge in [-0.25, -0.2) is 4.79 Å². The number of benzene rings is 3. The number of esters is 1. The first-order chi connectivity index (χ1) is 15.5. The van der Waals surface area contributed by atoms with Crippen molar-refractivity contribution in [2.75, 3.05) is 12.0 Å². The summed E-state index contributed by atoms with van der Waals surface area (Å²) in [5.41, 5.74) is 1.47. The molecule has 6 nitrogen and oxygen atoms in total. The molecule has 6 heteroatoms. The molecule has 162 valence electrons. The van der Waals surface area contributed by atoms with Gasteiger partial charge in [-0.15, -0.1) is 0 Å². The maximum Gasteiger partial charge on any atom is 0.338 e. The molecule has 1 fully saturated rings. The average Bonchev–Trinajstić information content (AvgIpc) is 2.83. The lowest BCUT2D eigenvalue weighted by Gasteiger charge is -2.47. The van der Waals surface area contributed by atoms with Gasteiger partial charge in [0.15, 0.2) is 5.78 Å². The largest absolute Gasteiger partial charge is 0.497 e. The zero-order valence-corrected chi connectivity index (χ0v) is 17.8. The summed E-state index contributed by atoms with van der Waals surface area (Å²) >= 11 is 0. The van der Waals surface area contributed by atoms with Crippen molar-refractivity contribution >= 4 is 23.3 Å². The summed E-state index contributed by atoms with van der Waals surface area (Å²) in [7, 11) is 1.56. The van der Waals surface area contributed by atoms with Gasteiger partial charge in [-0.2, -0.15) is 0 Å². The topological polar surface area (TPSA) is 72.9 Å². The molecular weight excluding hydrogens is 406 g/mol. The highest BCUT2D eigenvalue weighted by Gasteiger charge is 2.55. The Balaban J connectivity index is 1.62. The van der Waals surface area contributed by atoms with Crippen LogP contribution in [0.25, 0.3) is 0 Å². The molecule has 0 aromatic heterocycles. The Morgan fingerprint density at radius 1 is 0.844 bits per heavy atom. The Kier molecular flexibility index (Phi) is 6.03. The molecule has 3 aromatic rings. The number of nitrogens with zero attached hydrogens (tertiary/aromatic N) is 1. The van der Waals surface area contributed by atoms with Crippen LogP contribution >= 0.6 is 0 Å². The Bertz CT molecular complexity index is 1110. The minimum Gasteiger partial charge on any atom is -0.497 e. The summed E-state index contributed by atoms with van der Waals surface area (Å²) in [4.78, 5) is 40.6. The van der Waals surface area contributed by atoms with Gasteiger partial charge in [-0.1, -0.05) is 48.5 Å². The highest BCUT2D eigenvalue weighted by atomic mass is 16.5. The van der Waals surface area contributed by atoms with Gasteiger partial charge >= 0.3 is 5.97 Å². The fraction of sp³-hybridized carbons (Fsp3) is 0.192. The van der Waals surface area contributed by atoms with Gasteiger partial charge in [-0.3, -0.25) is 9.59 Å². The first kappa shape index (κ1) is 21.3. The van der Waals surface area contributed by atoms with Crippen LogP contribution in [-0.2, 0) is 9.53 Å². The molecule has 0 N–H and O–H groups in total. The third kappa shape index (κ3) is 3.99. The van der Waals surface area contributed by atoms with Crippen molar-refractivity contribution in [1.29, 1.82) is 0 Å². The van der Waals surface area contributed by atoms with Crippen molar-refractivity contribution < 1.29 is 23.9 Å². The Labute approximate surface area is 186 Å². The van der Waals surface area contributed by atoms with E-state index in [0.29, 0.717) is 22.6 Å². The predicted octanol–water partition coefficient (Wildman–Crippen LogP) is 4.16. The number of β-lactam (4-membered cyclic amide) rings is 1. The number of carbonyl (C=O) groups excluding carboxylic acids is 3. The molecule has 32 heavy (non-hydrogen) atoms. The standard InChI is InChI=1S/C26H23NO5/c1-17(32-26(30)19-11-7-4-8-12-19)22-23(24(28)18-9-5-3-6-10-18)27(25(22)29)20-13-15-21(31-2)16-14-20/h3-17,22-23H,1-2H3/t17-,22-,23+/m1/s1. The minimum atomic E-state index is -0.781. The van der Waals surface area contributed by atoms with Gasteiger partial charge in [0.25, 0.3) is 0 Å². The molecule has 4 rings (SSSR count). The van der Waals surface area contributed by atoms with Crippen LogP contribution in [0.15, 0.2) is 84.9 Å². The summed E-state index contributed by atoms with van der Waals surface area (Å²) in [6.45, 7) is 1.65. The van der Waals surface area contributed by atoms with Gasteiger partial charge in [0.2, 0.25) is 5.91 Å². The van der Waals surface area contributed by atoms with Gasteiger partial charge in [0.05, 0.1) is 12.7 Å². The number of ketones is 1. The van der Waals surface area contributed by atoms with Crippen LogP contribution in [-0.4, -0.2) is 36.9 Å². The molecule has 1 heterocycles. The minimum absolute atomic E-state index is 0.200. The molecule has 1 aliphatic rings. The number of ether oxygens (including phenoxy) is 2. The number of hydrogen-bond acceptors (Lipinski definition) is 5. The number of Topliss-reactive ketones (excluding diaryl/α,β-unsaturated/α-hetero) is 1. The van der Waals surface area contributed by atoms with E-state index in [-0.39, 0.29) is 11.7 Å². The Morgan fingerprint density at radius 2 is 1.41 bits per heavy atom. The third-order valence-electron chi connectivity index (χ3n) is 5.63. The molecule has 0 radical (unpaired) electrons. The van der Waals surface area contributed by atoms with E-state index in [0.717, 1.165) is 0 Å². The second kappa shape index (κ2) is 9.06. The third-order valence-corrected chi connectivity index (χ3v) is 5.63. The van der Waals surface area contributed by atoms with Crippen LogP contribution in [0, 0.1) is 5.92 Å².